The summed E-state index contributed by atoms with van der Waals surface area (Å²) in [6, 6.07) is 1.85. The lowest BCUT2D eigenvalue weighted by atomic mass is 10.5. The molecule has 0 saturated heterocycles. The van der Waals surface area contributed by atoms with Gasteiger partial charge in [0.05, 0.1) is 15.3 Å². The summed E-state index contributed by atoms with van der Waals surface area (Å²) in [6.45, 7) is 1.88. The average molecular weight is 265 g/mol. The Morgan fingerprint density at radius 2 is 2.21 bits per heavy atom. The largest absolute Gasteiger partial charge is 0.159 e. The molecule has 0 aliphatic rings. The van der Waals surface area contributed by atoms with Gasteiger partial charge in [0.2, 0.25) is 0 Å². The Bertz CT molecular complexity index is 436. The Kier molecular flexibility index (Phi) is 3.07. The first-order valence-electron chi connectivity index (χ1n) is 3.89. The number of halogens is 2. The molecule has 2 heterocycles. The van der Waals surface area contributed by atoms with Gasteiger partial charge >= 0.3 is 0 Å². The molecule has 0 radical (unpaired) electrons. The lowest BCUT2D eigenvalue weighted by Gasteiger charge is -1.91. The van der Waals surface area contributed by atoms with Gasteiger partial charge in [0.15, 0.2) is 5.01 Å². The molecule has 14 heavy (non-hydrogen) atoms. The number of alkyl halides is 1. The van der Waals surface area contributed by atoms with Crippen LogP contribution in [-0.2, 0) is 0 Å². The molecular formula is C8H6Cl2N2S2. The van der Waals surface area contributed by atoms with E-state index in [2.05, 4.69) is 10.2 Å². The summed E-state index contributed by atoms with van der Waals surface area (Å²) in [5, 5.41) is 12.3. The van der Waals surface area contributed by atoms with Crippen molar-refractivity contribution in [2.75, 3.05) is 0 Å². The van der Waals surface area contributed by atoms with Crippen molar-refractivity contribution in [1.82, 2.24) is 10.2 Å². The Morgan fingerprint density at radius 3 is 2.71 bits per heavy atom. The van der Waals surface area contributed by atoms with E-state index in [1.807, 2.05) is 18.4 Å². The molecule has 0 aliphatic heterocycles. The number of nitrogens with zero attached hydrogens (tertiary/aromatic N) is 2. The van der Waals surface area contributed by atoms with Crippen LogP contribution in [0, 0.1) is 0 Å². The summed E-state index contributed by atoms with van der Waals surface area (Å²) in [4.78, 5) is 0.965. The summed E-state index contributed by atoms with van der Waals surface area (Å²) in [7, 11) is 0. The van der Waals surface area contributed by atoms with Crippen molar-refractivity contribution >= 4 is 45.9 Å². The fourth-order valence-electron chi connectivity index (χ4n) is 0.933. The minimum Gasteiger partial charge on any atom is -0.142 e. The van der Waals surface area contributed by atoms with Crippen LogP contribution in [0.4, 0.5) is 0 Å². The standard InChI is InChI=1S/C8H6Cl2N2S2/c1-4(9)7-11-12-8(14-7)6-5(10)2-3-13-6/h2-4H,1H3. The maximum absolute atomic E-state index is 5.98. The van der Waals surface area contributed by atoms with Crippen molar-refractivity contribution in [2.45, 2.75) is 12.3 Å². The molecule has 2 rings (SSSR count). The van der Waals surface area contributed by atoms with Gasteiger partial charge < -0.3 is 0 Å². The van der Waals surface area contributed by atoms with E-state index in [0.29, 0.717) is 0 Å². The van der Waals surface area contributed by atoms with E-state index in [9.17, 15) is 0 Å². The third-order valence-corrected chi connectivity index (χ3v) is 4.53. The van der Waals surface area contributed by atoms with E-state index in [1.165, 1.54) is 11.3 Å². The third kappa shape index (κ3) is 1.93. The van der Waals surface area contributed by atoms with Crippen LogP contribution < -0.4 is 0 Å². The van der Waals surface area contributed by atoms with Crippen LogP contribution in [0.1, 0.15) is 17.3 Å². The number of hydrogen-bond acceptors (Lipinski definition) is 4. The van der Waals surface area contributed by atoms with Crippen LogP contribution in [0.25, 0.3) is 9.88 Å². The summed E-state index contributed by atoms with van der Waals surface area (Å²) in [5.74, 6) is 0. The van der Waals surface area contributed by atoms with E-state index in [-0.39, 0.29) is 5.38 Å². The van der Waals surface area contributed by atoms with E-state index in [4.69, 9.17) is 23.2 Å². The number of rotatable bonds is 2. The Balaban J connectivity index is 2.39. The van der Waals surface area contributed by atoms with Gasteiger partial charge in [-0.1, -0.05) is 22.9 Å². The monoisotopic (exact) mass is 264 g/mol. The molecule has 2 nitrogen and oxygen atoms in total. The molecule has 0 fully saturated rings. The van der Waals surface area contributed by atoms with Gasteiger partial charge in [-0.2, -0.15) is 0 Å². The van der Waals surface area contributed by atoms with Gasteiger partial charge in [0, 0.05) is 0 Å². The molecule has 74 valence electrons. The molecule has 1 atom stereocenters. The normalized spacial score (nSPS) is 13.1. The van der Waals surface area contributed by atoms with Crippen molar-refractivity contribution in [3.63, 3.8) is 0 Å². The molecule has 0 aromatic carbocycles. The van der Waals surface area contributed by atoms with Crippen LogP contribution >= 0.6 is 45.9 Å². The van der Waals surface area contributed by atoms with Crippen LogP contribution in [0.15, 0.2) is 11.4 Å². The van der Waals surface area contributed by atoms with Crippen LogP contribution in [-0.4, -0.2) is 10.2 Å². The molecule has 1 unspecified atom stereocenters. The zero-order valence-electron chi connectivity index (χ0n) is 7.20. The molecule has 0 aliphatic carbocycles. The molecule has 0 bridgehead atoms. The maximum atomic E-state index is 5.98. The Hall–Kier alpha value is -0.160. The second kappa shape index (κ2) is 4.14. The lowest BCUT2D eigenvalue weighted by Crippen LogP contribution is -1.80. The molecule has 2 aromatic heterocycles. The summed E-state index contributed by atoms with van der Waals surface area (Å²) < 4.78 is 0. The van der Waals surface area contributed by atoms with Gasteiger partial charge in [-0.25, -0.2) is 0 Å². The Morgan fingerprint density at radius 1 is 1.43 bits per heavy atom. The summed E-state index contributed by atoms with van der Waals surface area (Å²) >= 11 is 14.9. The highest BCUT2D eigenvalue weighted by Gasteiger charge is 2.13. The highest BCUT2D eigenvalue weighted by Crippen LogP contribution is 2.36. The molecule has 2 aromatic rings. The highest BCUT2D eigenvalue weighted by molar-refractivity contribution is 7.21. The second-order valence-electron chi connectivity index (χ2n) is 2.66. The predicted molar refractivity (Wildman–Crippen MR) is 62.5 cm³/mol. The first-order chi connectivity index (χ1) is 6.68. The maximum Gasteiger partial charge on any atom is 0.159 e. The number of thiophene rings is 1. The van der Waals surface area contributed by atoms with Gasteiger partial charge in [0.25, 0.3) is 0 Å². The van der Waals surface area contributed by atoms with E-state index >= 15 is 0 Å². The lowest BCUT2D eigenvalue weighted by molar-refractivity contribution is 0.963. The van der Waals surface area contributed by atoms with Crippen molar-refractivity contribution in [3.05, 3.63) is 21.5 Å². The molecule has 0 N–H and O–H groups in total. The average Bonchev–Trinajstić information content (AvgIpc) is 2.71. The topological polar surface area (TPSA) is 25.8 Å². The zero-order valence-corrected chi connectivity index (χ0v) is 10.3. The molecule has 0 saturated carbocycles. The van der Waals surface area contributed by atoms with E-state index < -0.39 is 0 Å². The second-order valence-corrected chi connectivity index (χ2v) is 5.65. The van der Waals surface area contributed by atoms with E-state index in [1.54, 1.807) is 11.3 Å². The van der Waals surface area contributed by atoms with Gasteiger partial charge in [-0.3, -0.25) is 0 Å². The minimum absolute atomic E-state index is 0.0972. The summed E-state index contributed by atoms with van der Waals surface area (Å²) in [5.41, 5.74) is 0. The molecule has 0 spiro atoms. The van der Waals surface area contributed by atoms with Crippen molar-refractivity contribution < 1.29 is 0 Å². The predicted octanol–water partition coefficient (Wildman–Crippen LogP) is 4.22. The minimum atomic E-state index is -0.0972. The van der Waals surface area contributed by atoms with Crippen LogP contribution in [0.2, 0.25) is 5.02 Å². The van der Waals surface area contributed by atoms with E-state index in [0.717, 1.165) is 19.9 Å². The number of hydrogen-bond donors (Lipinski definition) is 0. The van der Waals surface area contributed by atoms with Crippen LogP contribution in [0.5, 0.6) is 0 Å². The SMILES string of the molecule is CC(Cl)c1nnc(-c2sccc2Cl)s1. The first kappa shape index (κ1) is 10.4. The first-order valence-corrected chi connectivity index (χ1v) is 6.40. The van der Waals surface area contributed by atoms with Crippen molar-refractivity contribution in [2.24, 2.45) is 0 Å². The fourth-order valence-corrected chi connectivity index (χ4v) is 3.19. The smallest absolute Gasteiger partial charge is 0.142 e. The van der Waals surface area contributed by atoms with Gasteiger partial charge in [-0.05, 0) is 18.4 Å². The van der Waals surface area contributed by atoms with Crippen LogP contribution in [0.3, 0.4) is 0 Å². The zero-order chi connectivity index (χ0) is 10.1. The van der Waals surface area contributed by atoms with Gasteiger partial charge in [-0.15, -0.1) is 33.1 Å². The number of aromatic nitrogens is 2. The molecule has 6 heteroatoms. The van der Waals surface area contributed by atoms with Crippen molar-refractivity contribution in [1.29, 1.82) is 0 Å². The van der Waals surface area contributed by atoms with Crippen molar-refractivity contribution in [3.8, 4) is 9.88 Å². The molecular weight excluding hydrogens is 259 g/mol. The Labute approximate surface area is 99.5 Å². The quantitative estimate of drug-likeness (QED) is 0.760. The molecule has 0 amide bonds. The third-order valence-electron chi connectivity index (χ3n) is 1.59. The highest BCUT2D eigenvalue weighted by atomic mass is 35.5. The fraction of sp³-hybridized carbons (Fsp3) is 0.250. The summed E-state index contributed by atoms with van der Waals surface area (Å²) in [6.07, 6.45) is 0. The van der Waals surface area contributed by atoms with Gasteiger partial charge in [0.1, 0.15) is 5.01 Å².